The molecule has 2 heterocycles. The second-order valence-electron chi connectivity index (χ2n) is 7.23. The molecule has 2 aromatic rings. The molecule has 1 aromatic carbocycles. The van der Waals surface area contributed by atoms with Crippen LogP contribution < -0.4 is 5.09 Å². The Morgan fingerprint density at radius 3 is 2.73 bits per heavy atom. The van der Waals surface area contributed by atoms with Gasteiger partial charge in [0, 0.05) is 17.8 Å². The Labute approximate surface area is 179 Å². The van der Waals surface area contributed by atoms with E-state index in [2.05, 4.69) is 5.09 Å². The van der Waals surface area contributed by atoms with Crippen molar-refractivity contribution in [2.45, 2.75) is 32.5 Å². The SMILES string of the molecule is CCCOC(=O)C(C)NP(=O)(Cc1ccc2sc(C(=O)O)cc2c1)N1CCOCC1. The number of hydrogen-bond donors (Lipinski definition) is 2. The van der Waals surface area contributed by atoms with Gasteiger partial charge in [0.2, 0.25) is 7.44 Å². The number of benzene rings is 1. The maximum Gasteiger partial charge on any atom is 0.345 e. The number of carboxylic acids is 1. The van der Waals surface area contributed by atoms with E-state index in [1.165, 1.54) is 11.3 Å². The Kier molecular flexibility index (Phi) is 7.65. The molecule has 1 aromatic heterocycles. The highest BCUT2D eigenvalue weighted by molar-refractivity contribution is 7.58. The van der Waals surface area contributed by atoms with Gasteiger partial charge in [0.1, 0.15) is 10.9 Å². The Hall–Kier alpha value is -1.77. The van der Waals surface area contributed by atoms with Gasteiger partial charge in [-0.15, -0.1) is 11.3 Å². The minimum absolute atomic E-state index is 0.215. The van der Waals surface area contributed by atoms with Crippen LogP contribution in [0, 0.1) is 0 Å². The second-order valence-corrected chi connectivity index (χ2v) is 10.9. The van der Waals surface area contributed by atoms with Crippen molar-refractivity contribution in [3.8, 4) is 0 Å². The Morgan fingerprint density at radius 2 is 2.07 bits per heavy atom. The molecule has 1 aliphatic heterocycles. The third-order valence-corrected chi connectivity index (χ3v) is 8.83. The highest BCUT2D eigenvalue weighted by Crippen LogP contribution is 2.50. The molecule has 1 fully saturated rings. The number of ether oxygens (including phenoxy) is 2. The van der Waals surface area contributed by atoms with Crippen LogP contribution in [0.15, 0.2) is 24.3 Å². The predicted molar refractivity (Wildman–Crippen MR) is 116 cm³/mol. The standard InChI is InChI=1S/C20H27N2O6PS/c1-3-8-28-20(25)14(2)21-29(26,22-6-9-27-10-7-22)13-15-4-5-17-16(11-15)12-18(30-17)19(23)24/h4-5,11-12,14H,3,6-10,13H2,1-2H3,(H,21,26)(H,23,24). The highest BCUT2D eigenvalue weighted by atomic mass is 32.1. The summed E-state index contributed by atoms with van der Waals surface area (Å²) in [6, 6.07) is 6.49. The molecule has 0 saturated carbocycles. The molecule has 0 spiro atoms. The van der Waals surface area contributed by atoms with Crippen LogP contribution in [-0.2, 0) is 25.0 Å². The average Bonchev–Trinajstić information content (AvgIpc) is 3.16. The van der Waals surface area contributed by atoms with Crippen LogP contribution in [-0.4, -0.2) is 60.7 Å². The number of aromatic carboxylic acids is 1. The highest BCUT2D eigenvalue weighted by Gasteiger charge is 2.35. The van der Waals surface area contributed by atoms with Crippen LogP contribution >= 0.6 is 18.8 Å². The van der Waals surface area contributed by atoms with E-state index in [4.69, 9.17) is 9.47 Å². The normalized spacial score (nSPS) is 18.1. The van der Waals surface area contributed by atoms with Crippen LogP contribution in [0.25, 0.3) is 10.1 Å². The van der Waals surface area contributed by atoms with Crippen molar-refractivity contribution in [1.29, 1.82) is 0 Å². The summed E-state index contributed by atoms with van der Waals surface area (Å²) < 4.78 is 27.4. The van der Waals surface area contributed by atoms with E-state index in [1.54, 1.807) is 13.0 Å². The van der Waals surface area contributed by atoms with Crippen LogP contribution in [0.5, 0.6) is 0 Å². The third-order valence-electron chi connectivity index (χ3n) is 4.83. The number of nitrogens with one attached hydrogen (secondary N) is 1. The van der Waals surface area contributed by atoms with Crippen molar-refractivity contribution in [3.05, 3.63) is 34.7 Å². The monoisotopic (exact) mass is 454 g/mol. The largest absolute Gasteiger partial charge is 0.477 e. The lowest BCUT2D eigenvalue weighted by atomic mass is 10.2. The number of carbonyl (C=O) groups is 2. The molecule has 2 atom stereocenters. The number of rotatable bonds is 9. The number of nitrogens with zero attached hydrogens (tertiary/aromatic N) is 1. The average molecular weight is 454 g/mol. The van der Waals surface area contributed by atoms with Gasteiger partial charge in [-0.05, 0) is 42.5 Å². The molecule has 1 saturated heterocycles. The van der Waals surface area contributed by atoms with Crippen molar-refractivity contribution in [2.75, 3.05) is 32.9 Å². The second kappa shape index (κ2) is 10.0. The van der Waals surface area contributed by atoms with Gasteiger partial charge in [0.15, 0.2) is 0 Å². The van der Waals surface area contributed by atoms with Gasteiger partial charge in [0.25, 0.3) is 0 Å². The van der Waals surface area contributed by atoms with Gasteiger partial charge >= 0.3 is 11.9 Å². The summed E-state index contributed by atoms with van der Waals surface area (Å²) in [4.78, 5) is 23.8. The molecule has 0 amide bonds. The number of esters is 1. The molecule has 0 radical (unpaired) electrons. The van der Waals surface area contributed by atoms with E-state index < -0.39 is 25.4 Å². The van der Waals surface area contributed by atoms with Crippen LogP contribution in [0.4, 0.5) is 0 Å². The number of morpholine rings is 1. The molecule has 164 valence electrons. The van der Waals surface area contributed by atoms with Gasteiger partial charge in [-0.3, -0.25) is 9.36 Å². The fourth-order valence-corrected chi connectivity index (χ4v) is 6.88. The Morgan fingerprint density at radius 1 is 1.33 bits per heavy atom. The van der Waals surface area contributed by atoms with E-state index >= 15 is 0 Å². The lowest BCUT2D eigenvalue weighted by Crippen LogP contribution is -2.42. The van der Waals surface area contributed by atoms with E-state index in [0.29, 0.717) is 32.9 Å². The number of carboxylic acid groups (broad SMARTS) is 1. The molecule has 10 heteroatoms. The fraction of sp³-hybridized carbons (Fsp3) is 0.500. The molecule has 8 nitrogen and oxygen atoms in total. The van der Waals surface area contributed by atoms with Crippen molar-refractivity contribution < 1.29 is 28.7 Å². The van der Waals surface area contributed by atoms with Crippen LogP contribution in [0.2, 0.25) is 0 Å². The summed E-state index contributed by atoms with van der Waals surface area (Å²) in [7, 11) is -3.16. The van der Waals surface area contributed by atoms with Gasteiger partial charge < -0.3 is 14.6 Å². The first-order chi connectivity index (χ1) is 14.3. The number of hydrogen-bond acceptors (Lipinski definition) is 6. The summed E-state index contributed by atoms with van der Waals surface area (Å²) >= 11 is 1.21. The fourth-order valence-electron chi connectivity index (χ4n) is 3.33. The molecule has 0 bridgehead atoms. The van der Waals surface area contributed by atoms with Gasteiger partial charge in [0.05, 0.1) is 26.0 Å². The van der Waals surface area contributed by atoms with E-state index in [-0.39, 0.29) is 11.0 Å². The quantitative estimate of drug-likeness (QED) is 0.438. The molecule has 2 unspecified atom stereocenters. The molecular formula is C20H27N2O6PS. The zero-order valence-electron chi connectivity index (χ0n) is 17.1. The molecule has 0 aliphatic carbocycles. The first kappa shape index (κ1) is 22.9. The van der Waals surface area contributed by atoms with Crippen molar-refractivity contribution in [1.82, 2.24) is 9.76 Å². The van der Waals surface area contributed by atoms with Crippen molar-refractivity contribution >= 4 is 40.8 Å². The zero-order valence-corrected chi connectivity index (χ0v) is 18.8. The minimum Gasteiger partial charge on any atom is -0.477 e. The summed E-state index contributed by atoms with van der Waals surface area (Å²) in [6.45, 7) is 5.87. The summed E-state index contributed by atoms with van der Waals surface area (Å²) in [5.74, 6) is -1.39. The van der Waals surface area contributed by atoms with Gasteiger partial charge in [-0.2, -0.15) is 0 Å². The van der Waals surface area contributed by atoms with E-state index in [1.807, 2.05) is 29.8 Å². The zero-order chi connectivity index (χ0) is 21.7. The first-order valence-electron chi connectivity index (χ1n) is 9.95. The van der Waals surface area contributed by atoms with Crippen LogP contribution in [0.3, 0.4) is 0 Å². The van der Waals surface area contributed by atoms with Crippen LogP contribution in [0.1, 0.15) is 35.5 Å². The maximum absolute atomic E-state index is 14.0. The molecular weight excluding hydrogens is 427 g/mol. The molecule has 2 N–H and O–H groups in total. The van der Waals surface area contributed by atoms with Crippen molar-refractivity contribution in [3.63, 3.8) is 0 Å². The summed E-state index contributed by atoms with van der Waals surface area (Å²) in [5.41, 5.74) is 0.814. The third kappa shape index (κ3) is 5.47. The molecule has 30 heavy (non-hydrogen) atoms. The Bertz CT molecular complexity index is 956. The number of fused-ring (bicyclic) bond motifs is 1. The smallest absolute Gasteiger partial charge is 0.345 e. The summed E-state index contributed by atoms with van der Waals surface area (Å²) in [5, 5.41) is 13.1. The summed E-state index contributed by atoms with van der Waals surface area (Å²) in [6.07, 6.45) is 0.936. The van der Waals surface area contributed by atoms with E-state index in [9.17, 15) is 19.3 Å². The topological polar surface area (TPSA) is 105 Å². The lowest BCUT2D eigenvalue weighted by Gasteiger charge is -2.36. The van der Waals surface area contributed by atoms with Gasteiger partial charge in [-0.25, -0.2) is 14.6 Å². The first-order valence-corrected chi connectivity index (χ1v) is 12.6. The maximum atomic E-state index is 14.0. The number of carbonyl (C=O) groups excluding carboxylic acids is 1. The Balaban J connectivity index is 1.84. The van der Waals surface area contributed by atoms with E-state index in [0.717, 1.165) is 22.1 Å². The molecule has 1 aliphatic rings. The predicted octanol–water partition coefficient (Wildman–Crippen LogP) is 3.56. The van der Waals surface area contributed by atoms with Crippen molar-refractivity contribution in [2.24, 2.45) is 0 Å². The minimum atomic E-state index is -3.16. The number of thiophene rings is 1. The van der Waals surface area contributed by atoms with Gasteiger partial charge in [-0.1, -0.05) is 13.0 Å². The lowest BCUT2D eigenvalue weighted by molar-refractivity contribution is -0.145. The molecule has 3 rings (SSSR count).